The van der Waals surface area contributed by atoms with Crippen molar-refractivity contribution in [2.45, 2.75) is 39.2 Å². The van der Waals surface area contributed by atoms with Crippen LogP contribution in [0.15, 0.2) is 36.4 Å². The number of ether oxygens (including phenoxy) is 1. The third-order valence-electron chi connectivity index (χ3n) is 4.30. The predicted molar refractivity (Wildman–Crippen MR) is 88.1 cm³/mol. The predicted octanol–water partition coefficient (Wildman–Crippen LogP) is 4.49. The van der Waals surface area contributed by atoms with Gasteiger partial charge in [-0.3, -0.25) is 0 Å². The topological polar surface area (TPSA) is 21.3 Å². The largest absolute Gasteiger partial charge is 0.496 e. The van der Waals surface area contributed by atoms with Crippen molar-refractivity contribution >= 4 is 5.69 Å². The minimum Gasteiger partial charge on any atom is -0.496 e. The zero-order valence-electron chi connectivity index (χ0n) is 12.9. The minimum atomic E-state index is 0.807. The molecule has 2 aromatic carbocycles. The molecule has 21 heavy (non-hydrogen) atoms. The Hall–Kier alpha value is -1.96. The van der Waals surface area contributed by atoms with Gasteiger partial charge in [0.25, 0.3) is 0 Å². The van der Waals surface area contributed by atoms with E-state index in [0.29, 0.717) is 0 Å². The molecule has 1 aliphatic carbocycles. The summed E-state index contributed by atoms with van der Waals surface area (Å²) in [5.74, 6) is 0.956. The van der Waals surface area contributed by atoms with E-state index in [9.17, 15) is 0 Å². The molecule has 110 valence electrons. The van der Waals surface area contributed by atoms with Crippen LogP contribution in [0, 0.1) is 6.92 Å². The fraction of sp³-hybridized carbons (Fsp3) is 0.368. The van der Waals surface area contributed by atoms with Crippen molar-refractivity contribution in [3.63, 3.8) is 0 Å². The molecule has 0 aliphatic heterocycles. The van der Waals surface area contributed by atoms with Crippen LogP contribution in [-0.2, 0) is 19.4 Å². The lowest BCUT2D eigenvalue weighted by Crippen LogP contribution is -2.09. The molecule has 0 bridgehead atoms. The van der Waals surface area contributed by atoms with Crippen LogP contribution in [-0.4, -0.2) is 7.11 Å². The SMILES string of the molecule is COc1ccc(C)cc1CNc1cccc2c1CCCC2. The van der Waals surface area contributed by atoms with Crippen LogP contribution >= 0.6 is 0 Å². The molecular weight excluding hydrogens is 258 g/mol. The molecule has 0 spiro atoms. The van der Waals surface area contributed by atoms with Gasteiger partial charge in [0.1, 0.15) is 5.75 Å². The summed E-state index contributed by atoms with van der Waals surface area (Å²) in [5, 5.41) is 3.61. The molecule has 0 saturated carbocycles. The second-order valence-electron chi connectivity index (χ2n) is 5.82. The summed E-state index contributed by atoms with van der Waals surface area (Å²) in [6.45, 7) is 2.93. The molecule has 0 heterocycles. The van der Waals surface area contributed by atoms with Crippen LogP contribution < -0.4 is 10.1 Å². The number of rotatable bonds is 4. The van der Waals surface area contributed by atoms with Gasteiger partial charge in [0, 0.05) is 17.8 Å². The number of nitrogens with one attached hydrogen (secondary N) is 1. The van der Waals surface area contributed by atoms with Crippen LogP contribution in [0.1, 0.15) is 35.1 Å². The molecular formula is C19H23NO. The maximum absolute atomic E-state index is 5.46. The van der Waals surface area contributed by atoms with Crippen molar-refractivity contribution in [3.8, 4) is 5.75 Å². The normalized spacial score (nSPS) is 13.6. The number of fused-ring (bicyclic) bond motifs is 1. The monoisotopic (exact) mass is 281 g/mol. The molecule has 0 fully saturated rings. The smallest absolute Gasteiger partial charge is 0.123 e. The van der Waals surface area contributed by atoms with Gasteiger partial charge in [-0.1, -0.05) is 29.8 Å². The van der Waals surface area contributed by atoms with E-state index in [1.807, 2.05) is 6.07 Å². The molecule has 0 radical (unpaired) electrons. The van der Waals surface area contributed by atoms with Gasteiger partial charge < -0.3 is 10.1 Å². The summed E-state index contributed by atoms with van der Waals surface area (Å²) in [6, 6.07) is 13.0. The zero-order valence-corrected chi connectivity index (χ0v) is 12.9. The molecule has 2 nitrogen and oxygen atoms in total. The van der Waals surface area contributed by atoms with Gasteiger partial charge in [0.2, 0.25) is 0 Å². The Morgan fingerprint density at radius 3 is 2.81 bits per heavy atom. The first kappa shape index (κ1) is 14.0. The number of hydrogen-bond donors (Lipinski definition) is 1. The molecule has 0 amide bonds. The Morgan fingerprint density at radius 1 is 1.10 bits per heavy atom. The standard InChI is InChI=1S/C19H23NO/c1-14-10-11-19(21-2)16(12-14)13-20-18-9-5-7-15-6-3-4-8-17(15)18/h5,7,9-12,20H,3-4,6,8,13H2,1-2H3. The van der Waals surface area contributed by atoms with Crippen molar-refractivity contribution in [2.75, 3.05) is 12.4 Å². The number of aryl methyl sites for hydroxylation is 2. The fourth-order valence-electron chi connectivity index (χ4n) is 3.18. The lowest BCUT2D eigenvalue weighted by molar-refractivity contribution is 0.410. The summed E-state index contributed by atoms with van der Waals surface area (Å²) in [6.07, 6.45) is 5.05. The van der Waals surface area contributed by atoms with E-state index in [1.54, 1.807) is 7.11 Å². The summed E-state index contributed by atoms with van der Waals surface area (Å²) >= 11 is 0. The van der Waals surface area contributed by atoms with E-state index >= 15 is 0 Å². The molecule has 0 aromatic heterocycles. The van der Waals surface area contributed by atoms with E-state index in [2.05, 4.69) is 42.6 Å². The quantitative estimate of drug-likeness (QED) is 0.891. The van der Waals surface area contributed by atoms with Gasteiger partial charge in [0.05, 0.1) is 7.11 Å². The first-order valence-corrected chi connectivity index (χ1v) is 7.76. The average Bonchev–Trinajstić information content (AvgIpc) is 2.53. The highest BCUT2D eigenvalue weighted by atomic mass is 16.5. The highest BCUT2D eigenvalue weighted by molar-refractivity contribution is 5.56. The molecule has 2 aromatic rings. The third kappa shape index (κ3) is 3.05. The van der Waals surface area contributed by atoms with Gasteiger partial charge in [0.15, 0.2) is 0 Å². The maximum atomic E-state index is 5.46. The number of benzene rings is 2. The minimum absolute atomic E-state index is 0.807. The van der Waals surface area contributed by atoms with Crippen LogP contribution in [0.3, 0.4) is 0 Å². The summed E-state index contributed by atoms with van der Waals surface area (Å²) in [5.41, 5.74) is 6.79. The summed E-state index contributed by atoms with van der Waals surface area (Å²) in [4.78, 5) is 0. The Kier molecular flexibility index (Phi) is 4.14. The number of methoxy groups -OCH3 is 1. The Morgan fingerprint density at radius 2 is 1.95 bits per heavy atom. The van der Waals surface area contributed by atoms with Gasteiger partial charge >= 0.3 is 0 Å². The molecule has 3 rings (SSSR count). The Labute approximate surface area is 127 Å². The van der Waals surface area contributed by atoms with Crippen LogP contribution in [0.4, 0.5) is 5.69 Å². The van der Waals surface area contributed by atoms with Gasteiger partial charge in [-0.2, -0.15) is 0 Å². The van der Waals surface area contributed by atoms with E-state index in [-0.39, 0.29) is 0 Å². The number of hydrogen-bond acceptors (Lipinski definition) is 2. The third-order valence-corrected chi connectivity index (χ3v) is 4.30. The van der Waals surface area contributed by atoms with Crippen LogP contribution in [0.2, 0.25) is 0 Å². The first-order chi connectivity index (χ1) is 10.3. The van der Waals surface area contributed by atoms with Gasteiger partial charge in [-0.25, -0.2) is 0 Å². The highest BCUT2D eigenvalue weighted by Gasteiger charge is 2.13. The Bertz CT molecular complexity index is 633. The van der Waals surface area contributed by atoms with Crippen molar-refractivity contribution in [3.05, 3.63) is 58.7 Å². The first-order valence-electron chi connectivity index (χ1n) is 7.76. The molecule has 2 heteroatoms. The zero-order chi connectivity index (χ0) is 14.7. The second kappa shape index (κ2) is 6.21. The average molecular weight is 281 g/mol. The Balaban J connectivity index is 1.81. The summed E-state index contributed by atoms with van der Waals surface area (Å²) < 4.78 is 5.46. The van der Waals surface area contributed by atoms with E-state index < -0.39 is 0 Å². The summed E-state index contributed by atoms with van der Waals surface area (Å²) in [7, 11) is 1.73. The lowest BCUT2D eigenvalue weighted by Gasteiger charge is -2.20. The van der Waals surface area contributed by atoms with E-state index in [0.717, 1.165) is 12.3 Å². The molecule has 1 aliphatic rings. The number of anilines is 1. The highest BCUT2D eigenvalue weighted by Crippen LogP contribution is 2.29. The molecule has 0 unspecified atom stereocenters. The van der Waals surface area contributed by atoms with Crippen molar-refractivity contribution in [2.24, 2.45) is 0 Å². The van der Waals surface area contributed by atoms with Crippen LogP contribution in [0.25, 0.3) is 0 Å². The fourth-order valence-corrected chi connectivity index (χ4v) is 3.18. The molecule has 0 saturated heterocycles. The second-order valence-corrected chi connectivity index (χ2v) is 5.82. The van der Waals surface area contributed by atoms with Crippen molar-refractivity contribution in [1.82, 2.24) is 0 Å². The lowest BCUT2D eigenvalue weighted by atomic mass is 9.90. The van der Waals surface area contributed by atoms with Crippen molar-refractivity contribution in [1.29, 1.82) is 0 Å². The van der Waals surface area contributed by atoms with Gasteiger partial charge in [-0.15, -0.1) is 0 Å². The van der Waals surface area contributed by atoms with Gasteiger partial charge in [-0.05, 0) is 55.9 Å². The molecule has 0 atom stereocenters. The molecule has 1 N–H and O–H groups in total. The van der Waals surface area contributed by atoms with Crippen molar-refractivity contribution < 1.29 is 4.74 Å². The van der Waals surface area contributed by atoms with Crippen LogP contribution in [0.5, 0.6) is 5.75 Å². The van der Waals surface area contributed by atoms with E-state index in [1.165, 1.54) is 53.6 Å². The maximum Gasteiger partial charge on any atom is 0.123 e. The van der Waals surface area contributed by atoms with E-state index in [4.69, 9.17) is 4.74 Å².